The third-order valence-corrected chi connectivity index (χ3v) is 6.23. The highest BCUT2D eigenvalue weighted by molar-refractivity contribution is 7.26. The van der Waals surface area contributed by atoms with Gasteiger partial charge in [-0.2, -0.15) is 5.10 Å². The van der Waals surface area contributed by atoms with Crippen LogP contribution in [0.1, 0.15) is 0 Å². The quantitative estimate of drug-likeness (QED) is 0.330. The van der Waals surface area contributed by atoms with Crippen LogP contribution in [0.25, 0.3) is 47.7 Å². The zero-order valence-corrected chi connectivity index (χ0v) is 14.7. The number of aromatic nitrogens is 2. The second-order valence-corrected chi connectivity index (χ2v) is 7.63. The number of benzene rings is 3. The molecule has 3 heterocycles. The van der Waals surface area contributed by atoms with Gasteiger partial charge in [0, 0.05) is 37.3 Å². The summed E-state index contributed by atoms with van der Waals surface area (Å²) < 4.78 is 4.62. The molecule has 122 valence electrons. The van der Waals surface area contributed by atoms with E-state index in [1.54, 1.807) is 0 Å². The molecular weight excluding hydrogens is 336 g/mol. The van der Waals surface area contributed by atoms with E-state index in [1.807, 2.05) is 15.9 Å². The predicted octanol–water partition coefficient (Wildman–Crippen LogP) is 6.52. The first-order valence-corrected chi connectivity index (χ1v) is 9.47. The third-order valence-electron chi connectivity index (χ3n) is 5.01. The maximum atomic E-state index is 4.88. The Kier molecular flexibility index (Phi) is 2.79. The lowest BCUT2D eigenvalue weighted by molar-refractivity contribution is 0.975. The number of hydrogen-bond donors (Lipinski definition) is 0. The van der Waals surface area contributed by atoms with Gasteiger partial charge >= 0.3 is 0 Å². The van der Waals surface area contributed by atoms with Crippen LogP contribution in [-0.2, 0) is 0 Å². The van der Waals surface area contributed by atoms with Crippen molar-refractivity contribution in [2.75, 3.05) is 0 Å². The lowest BCUT2D eigenvalue weighted by Gasteiger charge is -1.99. The number of pyridine rings is 1. The van der Waals surface area contributed by atoms with Crippen molar-refractivity contribution in [1.82, 2.24) is 9.61 Å². The van der Waals surface area contributed by atoms with E-state index >= 15 is 0 Å². The van der Waals surface area contributed by atoms with Gasteiger partial charge < -0.3 is 0 Å². The monoisotopic (exact) mass is 350 g/mol. The maximum absolute atomic E-state index is 4.88. The summed E-state index contributed by atoms with van der Waals surface area (Å²) in [5.74, 6) is 0. The number of hydrogen-bond acceptors (Lipinski definition) is 2. The smallest absolute Gasteiger partial charge is 0.0948 e. The van der Waals surface area contributed by atoms with Gasteiger partial charge in [-0.25, -0.2) is 4.52 Å². The molecule has 3 heteroatoms. The number of nitrogens with zero attached hydrogens (tertiary/aromatic N) is 2. The van der Waals surface area contributed by atoms with E-state index in [-0.39, 0.29) is 0 Å². The summed E-state index contributed by atoms with van der Waals surface area (Å²) in [5, 5.41) is 9.96. The van der Waals surface area contributed by atoms with Gasteiger partial charge in [0.05, 0.1) is 11.2 Å². The molecule has 0 atom stereocenters. The van der Waals surface area contributed by atoms with E-state index in [2.05, 4.69) is 85.1 Å². The van der Waals surface area contributed by atoms with Crippen molar-refractivity contribution < 1.29 is 0 Å². The Balaban J connectivity index is 1.66. The zero-order chi connectivity index (χ0) is 17.1. The van der Waals surface area contributed by atoms with E-state index < -0.39 is 0 Å². The first kappa shape index (κ1) is 14.0. The Labute approximate surface area is 153 Å². The van der Waals surface area contributed by atoms with Crippen LogP contribution in [0.2, 0.25) is 0 Å². The van der Waals surface area contributed by atoms with Crippen molar-refractivity contribution in [3.05, 3.63) is 85.1 Å². The highest BCUT2D eigenvalue weighted by atomic mass is 32.1. The summed E-state index contributed by atoms with van der Waals surface area (Å²) in [6.45, 7) is 0. The molecular formula is C23H14N2S. The van der Waals surface area contributed by atoms with Gasteiger partial charge in [0.25, 0.3) is 0 Å². The second-order valence-electron chi connectivity index (χ2n) is 6.58. The van der Waals surface area contributed by atoms with Gasteiger partial charge in [0.2, 0.25) is 0 Å². The second kappa shape index (κ2) is 5.16. The first-order valence-electron chi connectivity index (χ1n) is 8.66. The van der Waals surface area contributed by atoms with E-state index in [0.29, 0.717) is 0 Å². The molecule has 3 aromatic carbocycles. The molecule has 0 amide bonds. The van der Waals surface area contributed by atoms with Crippen molar-refractivity contribution in [2.24, 2.45) is 0 Å². The third kappa shape index (κ3) is 1.95. The Morgan fingerprint density at radius 3 is 2.50 bits per heavy atom. The molecule has 0 spiro atoms. The molecule has 0 aliphatic carbocycles. The standard InChI is InChI=1S/C23H14N2S/c1-2-7-16-14-25-17(12-15(16)6-1)13-21(24-25)20-10-5-9-19-18-8-3-4-11-22(18)26-23(19)20/h1-14H. The molecule has 0 unspecified atom stereocenters. The molecule has 3 aromatic heterocycles. The van der Waals surface area contributed by atoms with Crippen molar-refractivity contribution >= 4 is 47.8 Å². The van der Waals surface area contributed by atoms with E-state index in [0.717, 1.165) is 11.2 Å². The molecule has 0 bridgehead atoms. The van der Waals surface area contributed by atoms with E-state index in [4.69, 9.17) is 5.10 Å². The average molecular weight is 350 g/mol. The van der Waals surface area contributed by atoms with Gasteiger partial charge in [-0.3, -0.25) is 0 Å². The minimum absolute atomic E-state index is 1.03. The van der Waals surface area contributed by atoms with Crippen LogP contribution in [0.3, 0.4) is 0 Å². The lowest BCUT2D eigenvalue weighted by atomic mass is 10.1. The average Bonchev–Trinajstić information content (AvgIpc) is 3.26. The summed E-state index contributed by atoms with van der Waals surface area (Å²) in [6, 6.07) is 27.9. The van der Waals surface area contributed by atoms with Crippen LogP contribution in [0.5, 0.6) is 0 Å². The Morgan fingerprint density at radius 1 is 0.731 bits per heavy atom. The summed E-state index contributed by atoms with van der Waals surface area (Å²) in [5.41, 5.74) is 3.35. The fraction of sp³-hybridized carbons (Fsp3) is 0. The van der Waals surface area contributed by atoms with Crippen LogP contribution in [0.4, 0.5) is 0 Å². The van der Waals surface area contributed by atoms with Crippen molar-refractivity contribution in [1.29, 1.82) is 0 Å². The molecule has 0 aliphatic rings. The fourth-order valence-electron chi connectivity index (χ4n) is 3.75. The van der Waals surface area contributed by atoms with Crippen molar-refractivity contribution in [2.45, 2.75) is 0 Å². The largest absolute Gasteiger partial charge is 0.240 e. The Hall–Kier alpha value is -3.17. The molecule has 0 saturated carbocycles. The molecule has 0 aliphatic heterocycles. The van der Waals surface area contributed by atoms with Gasteiger partial charge in [0.15, 0.2) is 0 Å². The topological polar surface area (TPSA) is 17.3 Å². The van der Waals surface area contributed by atoms with Crippen molar-refractivity contribution in [3.63, 3.8) is 0 Å². The molecule has 6 aromatic rings. The summed E-state index contributed by atoms with van der Waals surface area (Å²) in [7, 11) is 0. The molecule has 0 radical (unpaired) electrons. The van der Waals surface area contributed by atoms with Crippen LogP contribution < -0.4 is 0 Å². The molecule has 26 heavy (non-hydrogen) atoms. The van der Waals surface area contributed by atoms with Crippen LogP contribution in [0, 0.1) is 0 Å². The van der Waals surface area contributed by atoms with Crippen LogP contribution in [-0.4, -0.2) is 9.61 Å². The lowest BCUT2D eigenvalue weighted by Crippen LogP contribution is -1.87. The first-order chi connectivity index (χ1) is 12.9. The van der Waals surface area contributed by atoms with Crippen molar-refractivity contribution in [3.8, 4) is 11.3 Å². The number of fused-ring (bicyclic) bond motifs is 5. The summed E-state index contributed by atoms with van der Waals surface area (Å²) in [4.78, 5) is 0. The van der Waals surface area contributed by atoms with Crippen LogP contribution >= 0.6 is 11.3 Å². The maximum Gasteiger partial charge on any atom is 0.0948 e. The van der Waals surface area contributed by atoms with Gasteiger partial charge in [-0.1, -0.05) is 60.7 Å². The Bertz CT molecular complexity index is 1390. The van der Waals surface area contributed by atoms with E-state index in [1.165, 1.54) is 36.5 Å². The number of rotatable bonds is 1. The van der Waals surface area contributed by atoms with Crippen LogP contribution in [0.15, 0.2) is 85.1 Å². The summed E-state index contributed by atoms with van der Waals surface area (Å²) >= 11 is 1.85. The highest BCUT2D eigenvalue weighted by Gasteiger charge is 2.12. The highest BCUT2D eigenvalue weighted by Crippen LogP contribution is 2.39. The van der Waals surface area contributed by atoms with E-state index in [9.17, 15) is 0 Å². The molecule has 2 nitrogen and oxygen atoms in total. The molecule has 6 rings (SSSR count). The van der Waals surface area contributed by atoms with Gasteiger partial charge in [0.1, 0.15) is 0 Å². The zero-order valence-electron chi connectivity index (χ0n) is 13.9. The fourth-order valence-corrected chi connectivity index (χ4v) is 4.98. The Morgan fingerprint density at radius 2 is 1.54 bits per heavy atom. The normalized spacial score (nSPS) is 11.8. The minimum atomic E-state index is 1.03. The predicted molar refractivity (Wildman–Crippen MR) is 111 cm³/mol. The molecule has 0 fully saturated rings. The molecule has 0 saturated heterocycles. The van der Waals surface area contributed by atoms with Gasteiger partial charge in [-0.05, 0) is 23.6 Å². The van der Waals surface area contributed by atoms with Gasteiger partial charge in [-0.15, -0.1) is 11.3 Å². The minimum Gasteiger partial charge on any atom is -0.240 e. The SMILES string of the molecule is c1ccc2cn3nc(-c4cccc5c4sc4ccccc45)cc3cc2c1. The summed E-state index contributed by atoms with van der Waals surface area (Å²) in [6.07, 6.45) is 2.11. The number of thiophene rings is 1. The molecule has 0 N–H and O–H groups in total.